The lowest BCUT2D eigenvalue weighted by molar-refractivity contribution is 0.392. The molecule has 3 rings (SSSR count). The first-order valence-corrected chi connectivity index (χ1v) is 11.3. The predicted octanol–water partition coefficient (Wildman–Crippen LogP) is 1.70. The third-order valence-electron chi connectivity index (χ3n) is 4.06. The molecule has 1 aliphatic heterocycles. The minimum atomic E-state index is -3.81. The van der Waals surface area contributed by atoms with Gasteiger partial charge in [-0.3, -0.25) is 0 Å². The highest BCUT2D eigenvalue weighted by atomic mass is 32.2. The maximum atomic E-state index is 12.8. The molecule has 0 bridgehead atoms. The summed E-state index contributed by atoms with van der Waals surface area (Å²) in [4.78, 5) is 1.02. The van der Waals surface area contributed by atoms with Crippen LogP contribution in [0.4, 0.5) is 0 Å². The molecule has 0 aliphatic carbocycles. The lowest BCUT2D eigenvalue weighted by Gasteiger charge is -2.27. The average molecular weight is 387 g/mol. The maximum Gasteiger partial charge on any atom is 0.252 e. The predicted molar refractivity (Wildman–Crippen MR) is 92.8 cm³/mol. The van der Waals surface area contributed by atoms with Crippen molar-refractivity contribution in [3.05, 3.63) is 46.3 Å². The summed E-state index contributed by atoms with van der Waals surface area (Å²) in [6, 6.07) is 8.10. The van der Waals surface area contributed by atoms with Crippen molar-refractivity contribution in [3.8, 4) is 0 Å². The minimum absolute atomic E-state index is 0.00453. The number of hydrogen-bond donors (Lipinski definition) is 1. The Bertz CT molecular complexity index is 978. The highest BCUT2D eigenvalue weighted by Gasteiger charge is 2.30. The molecular weight excluding hydrogens is 368 g/mol. The van der Waals surface area contributed by atoms with Crippen LogP contribution in [0.2, 0.25) is 0 Å². The molecule has 0 spiro atoms. The molecule has 0 saturated heterocycles. The van der Waals surface area contributed by atoms with Gasteiger partial charge in [-0.2, -0.15) is 4.31 Å². The van der Waals surface area contributed by atoms with E-state index >= 15 is 0 Å². The molecule has 0 fully saturated rings. The summed E-state index contributed by atoms with van der Waals surface area (Å²) in [5.74, 6) is 0. The molecule has 130 valence electrons. The molecule has 2 aromatic rings. The van der Waals surface area contributed by atoms with Gasteiger partial charge >= 0.3 is 0 Å². The number of sulfonamides is 2. The van der Waals surface area contributed by atoms with Crippen LogP contribution >= 0.6 is 11.3 Å². The molecule has 2 heterocycles. The van der Waals surface area contributed by atoms with E-state index in [0.717, 1.165) is 16.9 Å². The van der Waals surface area contributed by atoms with E-state index in [9.17, 15) is 16.8 Å². The van der Waals surface area contributed by atoms with Crippen LogP contribution in [0.1, 0.15) is 22.9 Å². The standard InChI is InChI=1S/C15H18N2O4S3/c1-2-13-4-6-15(22-13)24(20,21)17-8-7-11-3-5-14(23(16,18)19)9-12(11)10-17/h3-6,9H,2,7-8,10H2,1H3,(H2,16,18,19). The van der Waals surface area contributed by atoms with Crippen molar-refractivity contribution in [1.82, 2.24) is 4.31 Å². The SMILES string of the molecule is CCc1ccc(S(=O)(=O)N2CCc3ccc(S(N)(=O)=O)cc3C2)s1. The summed E-state index contributed by atoms with van der Waals surface area (Å²) in [5.41, 5.74) is 1.64. The zero-order chi connectivity index (χ0) is 17.5. The van der Waals surface area contributed by atoms with Gasteiger partial charge < -0.3 is 0 Å². The van der Waals surface area contributed by atoms with Crippen molar-refractivity contribution in [2.24, 2.45) is 5.14 Å². The number of benzene rings is 1. The quantitative estimate of drug-likeness (QED) is 0.865. The molecule has 0 radical (unpaired) electrons. The molecule has 2 N–H and O–H groups in total. The van der Waals surface area contributed by atoms with Crippen LogP contribution in [0.25, 0.3) is 0 Å². The monoisotopic (exact) mass is 386 g/mol. The van der Waals surface area contributed by atoms with Crippen molar-refractivity contribution >= 4 is 31.4 Å². The van der Waals surface area contributed by atoms with Crippen LogP contribution in [0.3, 0.4) is 0 Å². The summed E-state index contributed by atoms with van der Waals surface area (Å²) >= 11 is 1.28. The second kappa shape index (κ2) is 6.23. The van der Waals surface area contributed by atoms with E-state index < -0.39 is 20.0 Å². The van der Waals surface area contributed by atoms with Gasteiger partial charge in [-0.25, -0.2) is 22.0 Å². The van der Waals surface area contributed by atoms with Crippen molar-refractivity contribution < 1.29 is 16.8 Å². The third kappa shape index (κ3) is 3.27. The lowest BCUT2D eigenvalue weighted by Crippen LogP contribution is -2.35. The highest BCUT2D eigenvalue weighted by Crippen LogP contribution is 2.30. The number of hydrogen-bond acceptors (Lipinski definition) is 5. The van der Waals surface area contributed by atoms with Crippen LogP contribution in [-0.2, 0) is 39.4 Å². The Kier molecular flexibility index (Phi) is 4.56. The highest BCUT2D eigenvalue weighted by molar-refractivity contribution is 7.91. The van der Waals surface area contributed by atoms with Crippen LogP contribution in [0.5, 0.6) is 0 Å². The zero-order valence-corrected chi connectivity index (χ0v) is 15.5. The van der Waals surface area contributed by atoms with Crippen molar-refractivity contribution in [1.29, 1.82) is 0 Å². The molecule has 0 atom stereocenters. The molecule has 9 heteroatoms. The number of rotatable bonds is 4. The number of thiophene rings is 1. The fourth-order valence-corrected chi connectivity index (χ4v) is 6.14. The summed E-state index contributed by atoms with van der Waals surface area (Å²) in [5, 5.41) is 5.16. The maximum absolute atomic E-state index is 12.8. The van der Waals surface area contributed by atoms with Crippen molar-refractivity contribution in [2.45, 2.75) is 35.4 Å². The Morgan fingerprint density at radius 2 is 1.88 bits per heavy atom. The molecule has 0 amide bonds. The van der Waals surface area contributed by atoms with Crippen LogP contribution in [0.15, 0.2) is 39.4 Å². The van der Waals surface area contributed by atoms with E-state index in [2.05, 4.69) is 0 Å². The number of primary sulfonamides is 1. The van der Waals surface area contributed by atoms with E-state index in [-0.39, 0.29) is 11.4 Å². The number of fused-ring (bicyclic) bond motifs is 1. The lowest BCUT2D eigenvalue weighted by atomic mass is 10.0. The smallest absolute Gasteiger partial charge is 0.225 e. The minimum Gasteiger partial charge on any atom is -0.225 e. The van der Waals surface area contributed by atoms with Gasteiger partial charge in [0.15, 0.2) is 0 Å². The molecule has 1 aliphatic rings. The first-order valence-electron chi connectivity index (χ1n) is 7.45. The largest absolute Gasteiger partial charge is 0.252 e. The Labute approximate surface area is 146 Å². The number of nitrogens with zero attached hydrogens (tertiary/aromatic N) is 1. The number of aryl methyl sites for hydroxylation is 1. The second-order valence-electron chi connectivity index (χ2n) is 5.64. The topological polar surface area (TPSA) is 97.5 Å². The summed E-state index contributed by atoms with van der Waals surface area (Å²) in [6.07, 6.45) is 1.34. The van der Waals surface area contributed by atoms with Gasteiger partial charge in [0.25, 0.3) is 10.0 Å². The van der Waals surface area contributed by atoms with Crippen LogP contribution in [0, 0.1) is 0 Å². The van der Waals surface area contributed by atoms with E-state index in [1.54, 1.807) is 12.1 Å². The normalized spacial score (nSPS) is 16.1. The molecular formula is C15H18N2O4S3. The van der Waals surface area contributed by atoms with Crippen LogP contribution in [-0.4, -0.2) is 27.7 Å². The Morgan fingerprint density at radius 3 is 2.50 bits per heavy atom. The Hall–Kier alpha value is -1.26. The molecule has 0 unspecified atom stereocenters. The van der Waals surface area contributed by atoms with Gasteiger partial charge in [-0.05, 0) is 48.2 Å². The summed E-state index contributed by atoms with van der Waals surface area (Å²) in [6.45, 7) is 2.51. The average Bonchev–Trinajstić information content (AvgIpc) is 3.02. The van der Waals surface area contributed by atoms with Gasteiger partial charge in [0.2, 0.25) is 10.0 Å². The van der Waals surface area contributed by atoms with Crippen molar-refractivity contribution in [2.75, 3.05) is 6.54 Å². The van der Waals surface area contributed by atoms with E-state index in [1.807, 2.05) is 13.0 Å². The fraction of sp³-hybridized carbons (Fsp3) is 0.333. The molecule has 0 saturated carbocycles. The van der Waals surface area contributed by atoms with E-state index in [1.165, 1.54) is 27.8 Å². The third-order valence-corrected chi connectivity index (χ3v) is 8.52. The van der Waals surface area contributed by atoms with Gasteiger partial charge in [-0.1, -0.05) is 13.0 Å². The molecule has 1 aromatic carbocycles. The van der Waals surface area contributed by atoms with Crippen LogP contribution < -0.4 is 5.14 Å². The summed E-state index contributed by atoms with van der Waals surface area (Å²) in [7, 11) is -7.38. The van der Waals surface area contributed by atoms with Gasteiger partial charge in [0, 0.05) is 18.0 Å². The Morgan fingerprint density at radius 1 is 1.12 bits per heavy atom. The van der Waals surface area contributed by atoms with E-state index in [4.69, 9.17) is 5.14 Å². The second-order valence-corrected chi connectivity index (χ2v) is 10.5. The summed E-state index contributed by atoms with van der Waals surface area (Å²) < 4.78 is 50.3. The zero-order valence-electron chi connectivity index (χ0n) is 13.1. The van der Waals surface area contributed by atoms with Crippen molar-refractivity contribution in [3.63, 3.8) is 0 Å². The molecule has 1 aromatic heterocycles. The Balaban J connectivity index is 1.94. The van der Waals surface area contributed by atoms with E-state index in [0.29, 0.717) is 22.7 Å². The fourth-order valence-electron chi connectivity index (χ4n) is 2.70. The molecule has 24 heavy (non-hydrogen) atoms. The first-order chi connectivity index (χ1) is 11.2. The molecule has 6 nitrogen and oxygen atoms in total. The number of nitrogens with two attached hydrogens (primary N) is 1. The first kappa shape index (κ1) is 17.6. The van der Waals surface area contributed by atoms with Gasteiger partial charge in [-0.15, -0.1) is 11.3 Å². The van der Waals surface area contributed by atoms with Gasteiger partial charge in [0.05, 0.1) is 4.90 Å². The van der Waals surface area contributed by atoms with Gasteiger partial charge in [0.1, 0.15) is 4.21 Å².